The van der Waals surface area contributed by atoms with E-state index < -0.39 is 17.4 Å². The molecule has 3 rings (SSSR count). The average molecular weight is 265 g/mol. The molecule has 0 radical (unpaired) electrons. The predicted molar refractivity (Wildman–Crippen MR) is 67.2 cm³/mol. The second-order valence-electron chi connectivity index (χ2n) is 6.04. The summed E-state index contributed by atoms with van der Waals surface area (Å²) in [6, 6.07) is 0. The second kappa shape index (κ2) is 4.07. The van der Waals surface area contributed by atoms with Crippen LogP contribution >= 0.6 is 0 Å². The maximum atomic E-state index is 12.5. The molecule has 1 amide bonds. The molecule has 0 unspecified atom stereocenters. The molecule has 0 saturated carbocycles. The zero-order chi connectivity index (χ0) is 13.8. The van der Waals surface area contributed by atoms with E-state index in [-0.39, 0.29) is 18.0 Å². The van der Waals surface area contributed by atoms with Crippen LogP contribution in [-0.4, -0.2) is 48.7 Å². The van der Waals surface area contributed by atoms with Crippen LogP contribution in [0.25, 0.3) is 0 Å². The number of rotatable bonds is 3. The fourth-order valence-corrected chi connectivity index (χ4v) is 3.58. The van der Waals surface area contributed by atoms with E-state index in [1.807, 2.05) is 17.1 Å². The fraction of sp³-hybridized carbons (Fsp3) is 0.714. The van der Waals surface area contributed by atoms with Crippen LogP contribution in [0.1, 0.15) is 13.8 Å². The molecular weight excluding hydrogens is 246 g/mol. The van der Waals surface area contributed by atoms with Gasteiger partial charge in [0.25, 0.3) is 0 Å². The van der Waals surface area contributed by atoms with Gasteiger partial charge >= 0.3 is 5.97 Å². The molecule has 3 aliphatic heterocycles. The van der Waals surface area contributed by atoms with Gasteiger partial charge in [-0.15, -0.1) is 0 Å². The lowest BCUT2D eigenvalue weighted by atomic mass is 9.77. The molecule has 0 aromatic heterocycles. The van der Waals surface area contributed by atoms with Gasteiger partial charge in [-0.2, -0.15) is 0 Å². The van der Waals surface area contributed by atoms with Crippen LogP contribution in [-0.2, 0) is 19.1 Å². The average Bonchev–Trinajstić information content (AvgIpc) is 2.97. The maximum Gasteiger partial charge on any atom is 0.312 e. The Morgan fingerprint density at radius 1 is 1.63 bits per heavy atom. The number of nitrogens with zero attached hydrogens (tertiary/aromatic N) is 1. The Morgan fingerprint density at radius 3 is 3.00 bits per heavy atom. The van der Waals surface area contributed by atoms with Gasteiger partial charge in [-0.05, 0) is 5.92 Å². The number of likely N-dealkylation sites (tertiary alicyclic amines) is 1. The number of amides is 1. The Labute approximate surface area is 112 Å². The molecule has 19 heavy (non-hydrogen) atoms. The van der Waals surface area contributed by atoms with Crippen molar-refractivity contribution in [2.75, 3.05) is 20.2 Å². The van der Waals surface area contributed by atoms with Crippen molar-refractivity contribution in [3.8, 4) is 0 Å². The van der Waals surface area contributed by atoms with Crippen molar-refractivity contribution >= 4 is 11.9 Å². The van der Waals surface area contributed by atoms with Gasteiger partial charge in [-0.25, -0.2) is 0 Å². The summed E-state index contributed by atoms with van der Waals surface area (Å²) < 4.78 is 10.8. The number of carbonyl (C=O) groups excluding carboxylic acids is 2. The highest BCUT2D eigenvalue weighted by molar-refractivity contribution is 5.91. The van der Waals surface area contributed by atoms with E-state index in [4.69, 9.17) is 9.47 Å². The summed E-state index contributed by atoms with van der Waals surface area (Å²) >= 11 is 0. The number of carbonyl (C=O) groups is 2. The third kappa shape index (κ3) is 1.64. The van der Waals surface area contributed by atoms with Crippen LogP contribution in [0, 0.1) is 17.8 Å². The Hall–Kier alpha value is -1.36. The minimum Gasteiger partial charge on any atom is -0.469 e. The van der Waals surface area contributed by atoms with Gasteiger partial charge in [0.2, 0.25) is 5.91 Å². The summed E-state index contributed by atoms with van der Waals surface area (Å²) in [4.78, 5) is 26.3. The van der Waals surface area contributed by atoms with Gasteiger partial charge in [-0.1, -0.05) is 26.0 Å². The molecule has 5 heteroatoms. The zero-order valence-electron chi connectivity index (χ0n) is 11.5. The van der Waals surface area contributed by atoms with Crippen LogP contribution in [0.15, 0.2) is 12.2 Å². The van der Waals surface area contributed by atoms with Gasteiger partial charge in [0.15, 0.2) is 0 Å². The van der Waals surface area contributed by atoms with Crippen molar-refractivity contribution in [1.82, 2.24) is 4.90 Å². The lowest BCUT2D eigenvalue weighted by molar-refractivity contribution is -0.151. The van der Waals surface area contributed by atoms with E-state index >= 15 is 0 Å². The molecule has 5 nitrogen and oxygen atoms in total. The van der Waals surface area contributed by atoms with Crippen molar-refractivity contribution < 1.29 is 19.1 Å². The molecule has 0 aromatic carbocycles. The summed E-state index contributed by atoms with van der Waals surface area (Å²) in [5.41, 5.74) is -0.602. The van der Waals surface area contributed by atoms with Crippen molar-refractivity contribution in [3.05, 3.63) is 12.2 Å². The van der Waals surface area contributed by atoms with Crippen LogP contribution in [0.2, 0.25) is 0 Å². The molecule has 3 aliphatic rings. The van der Waals surface area contributed by atoms with E-state index in [0.29, 0.717) is 19.0 Å². The molecule has 2 fully saturated rings. The zero-order valence-corrected chi connectivity index (χ0v) is 11.5. The lowest BCUT2D eigenvalue weighted by Crippen LogP contribution is -2.39. The number of methoxy groups -OCH3 is 1. The first-order chi connectivity index (χ1) is 8.98. The Kier molecular flexibility index (Phi) is 2.71. The lowest BCUT2D eigenvalue weighted by Gasteiger charge is -2.22. The summed E-state index contributed by atoms with van der Waals surface area (Å²) in [6.45, 7) is 5.40. The molecule has 2 saturated heterocycles. The molecule has 1 spiro atoms. The Balaban J connectivity index is 1.90. The number of esters is 1. The third-order valence-electron chi connectivity index (χ3n) is 4.24. The van der Waals surface area contributed by atoms with Crippen LogP contribution in [0.5, 0.6) is 0 Å². The van der Waals surface area contributed by atoms with Crippen LogP contribution in [0.3, 0.4) is 0 Å². The van der Waals surface area contributed by atoms with E-state index in [2.05, 4.69) is 13.8 Å². The summed E-state index contributed by atoms with van der Waals surface area (Å²) in [6.07, 6.45) is 3.55. The molecule has 0 aromatic rings. The normalized spacial score (nSPS) is 39.3. The summed E-state index contributed by atoms with van der Waals surface area (Å²) in [5, 5.41) is 0. The summed E-state index contributed by atoms with van der Waals surface area (Å²) in [7, 11) is 1.36. The number of fused-ring (bicyclic) bond motifs is 1. The topological polar surface area (TPSA) is 55.8 Å². The molecule has 4 atom stereocenters. The summed E-state index contributed by atoms with van der Waals surface area (Å²) in [5.74, 6) is -0.817. The molecule has 0 aliphatic carbocycles. The van der Waals surface area contributed by atoms with Gasteiger partial charge in [-0.3, -0.25) is 9.59 Å². The SMILES string of the molecule is COC(=O)[C@H]1[C@@H]2C=C[C@]3(CN(CC(C)C)C(=O)[C@@H]13)O2. The third-order valence-corrected chi connectivity index (χ3v) is 4.24. The van der Waals surface area contributed by atoms with Crippen molar-refractivity contribution in [1.29, 1.82) is 0 Å². The predicted octanol–water partition coefficient (Wildman–Crippen LogP) is 0.597. The van der Waals surface area contributed by atoms with Crippen molar-refractivity contribution in [2.45, 2.75) is 25.6 Å². The van der Waals surface area contributed by atoms with Crippen molar-refractivity contribution in [2.24, 2.45) is 17.8 Å². The molecule has 3 heterocycles. The van der Waals surface area contributed by atoms with E-state index in [0.717, 1.165) is 0 Å². The molecule has 0 N–H and O–H groups in total. The fourth-order valence-electron chi connectivity index (χ4n) is 3.58. The first-order valence-corrected chi connectivity index (χ1v) is 6.72. The van der Waals surface area contributed by atoms with Gasteiger partial charge in [0.05, 0.1) is 25.7 Å². The largest absolute Gasteiger partial charge is 0.469 e. The van der Waals surface area contributed by atoms with Gasteiger partial charge in [0.1, 0.15) is 11.5 Å². The number of hydrogen-bond donors (Lipinski definition) is 0. The van der Waals surface area contributed by atoms with Gasteiger partial charge in [0, 0.05) is 6.54 Å². The van der Waals surface area contributed by atoms with Crippen LogP contribution in [0.4, 0.5) is 0 Å². The van der Waals surface area contributed by atoms with Gasteiger partial charge < -0.3 is 14.4 Å². The standard InChI is InChI=1S/C14H19NO4/c1-8(2)6-15-7-14-5-4-9(19-14)10(13(17)18-3)11(14)12(15)16/h4-5,8-11H,6-7H2,1-3H3/t9-,10-,11+,14+/m0/s1. The molecule has 2 bridgehead atoms. The minimum atomic E-state index is -0.602. The van der Waals surface area contributed by atoms with E-state index in [1.54, 1.807) is 0 Å². The number of ether oxygens (including phenoxy) is 2. The second-order valence-corrected chi connectivity index (χ2v) is 6.04. The molecular formula is C14H19NO4. The molecule has 104 valence electrons. The minimum absolute atomic E-state index is 0.0240. The maximum absolute atomic E-state index is 12.5. The first kappa shape index (κ1) is 12.7. The van der Waals surface area contributed by atoms with Crippen LogP contribution < -0.4 is 0 Å². The highest BCUT2D eigenvalue weighted by Gasteiger charge is 2.67. The highest BCUT2D eigenvalue weighted by Crippen LogP contribution is 2.52. The monoisotopic (exact) mass is 265 g/mol. The smallest absolute Gasteiger partial charge is 0.312 e. The quantitative estimate of drug-likeness (QED) is 0.554. The highest BCUT2D eigenvalue weighted by atomic mass is 16.5. The number of hydrogen-bond acceptors (Lipinski definition) is 4. The van der Waals surface area contributed by atoms with Crippen molar-refractivity contribution in [3.63, 3.8) is 0 Å². The first-order valence-electron chi connectivity index (χ1n) is 6.72. The Bertz CT molecular complexity index is 458. The van der Waals surface area contributed by atoms with E-state index in [9.17, 15) is 9.59 Å². The van der Waals surface area contributed by atoms with E-state index in [1.165, 1.54) is 7.11 Å². The Morgan fingerprint density at radius 2 is 2.37 bits per heavy atom.